The van der Waals surface area contributed by atoms with E-state index in [9.17, 15) is 0 Å². The van der Waals surface area contributed by atoms with Crippen LogP contribution in [0, 0.1) is 5.92 Å². The summed E-state index contributed by atoms with van der Waals surface area (Å²) in [5.74, 6) is 0.728. The van der Waals surface area contributed by atoms with Crippen LogP contribution in [-0.4, -0.2) is 11.7 Å². The molecule has 0 radical (unpaired) electrons. The molecule has 1 rings (SSSR count). The molecule has 0 saturated heterocycles. The Kier molecular flexibility index (Phi) is 3.99. The van der Waals surface area contributed by atoms with Gasteiger partial charge in [-0.2, -0.15) is 0 Å². The van der Waals surface area contributed by atoms with Crippen molar-refractivity contribution >= 4 is 0 Å². The molecule has 1 aliphatic carbocycles. The summed E-state index contributed by atoms with van der Waals surface area (Å²) in [4.78, 5) is 0. The molecule has 0 aromatic rings. The molecule has 11 heavy (non-hydrogen) atoms. The van der Waals surface area contributed by atoms with Gasteiger partial charge in [-0.3, -0.25) is 0 Å². The molecule has 0 fully saturated rings. The number of aliphatic hydroxyl groups is 1. The second-order valence-corrected chi connectivity index (χ2v) is 3.01. The maximum Gasteiger partial charge on any atom is 0.0612 e. The summed E-state index contributed by atoms with van der Waals surface area (Å²) in [6.45, 7) is 0.177. The van der Waals surface area contributed by atoms with Crippen LogP contribution in [0.2, 0.25) is 0 Å². The minimum Gasteiger partial charge on any atom is -0.392 e. The van der Waals surface area contributed by atoms with Gasteiger partial charge in [-0.15, -0.1) is 0 Å². The van der Waals surface area contributed by atoms with E-state index in [4.69, 9.17) is 5.11 Å². The van der Waals surface area contributed by atoms with Crippen LogP contribution in [0.15, 0.2) is 24.3 Å². The van der Waals surface area contributed by atoms with E-state index in [-0.39, 0.29) is 6.61 Å². The van der Waals surface area contributed by atoms with Crippen molar-refractivity contribution in [1.29, 1.82) is 0 Å². The Morgan fingerprint density at radius 3 is 3.00 bits per heavy atom. The summed E-state index contributed by atoms with van der Waals surface area (Å²) in [5, 5.41) is 8.49. The van der Waals surface area contributed by atoms with E-state index in [1.165, 1.54) is 19.3 Å². The summed E-state index contributed by atoms with van der Waals surface area (Å²) in [7, 11) is 0. The highest BCUT2D eigenvalue weighted by atomic mass is 16.2. The molecule has 1 heteroatoms. The number of allylic oxidation sites excluding steroid dienone is 3. The Morgan fingerprint density at radius 2 is 2.36 bits per heavy atom. The number of rotatable bonds is 3. The fourth-order valence-electron chi connectivity index (χ4n) is 1.42. The molecule has 1 nitrogen and oxygen atoms in total. The molecule has 0 aliphatic heterocycles. The fraction of sp³-hybridized carbons (Fsp3) is 0.600. The second kappa shape index (κ2) is 5.14. The zero-order chi connectivity index (χ0) is 7.94. The van der Waals surface area contributed by atoms with Crippen LogP contribution in [0.3, 0.4) is 0 Å². The molecule has 1 N–H and O–H groups in total. The van der Waals surface area contributed by atoms with Gasteiger partial charge in [-0.05, 0) is 31.6 Å². The van der Waals surface area contributed by atoms with Gasteiger partial charge in [0.15, 0.2) is 0 Å². The van der Waals surface area contributed by atoms with Crippen LogP contribution in [-0.2, 0) is 0 Å². The van der Waals surface area contributed by atoms with Gasteiger partial charge < -0.3 is 5.11 Å². The summed E-state index contributed by atoms with van der Waals surface area (Å²) in [6, 6.07) is 0. The zero-order valence-corrected chi connectivity index (χ0v) is 6.87. The van der Waals surface area contributed by atoms with Gasteiger partial charge in [0.1, 0.15) is 0 Å². The Hall–Kier alpha value is -0.560. The highest BCUT2D eigenvalue weighted by Crippen LogP contribution is 2.20. The normalized spacial score (nSPS) is 24.6. The van der Waals surface area contributed by atoms with Crippen molar-refractivity contribution in [2.45, 2.75) is 25.7 Å². The Labute approximate surface area is 68.4 Å². The number of hydrogen-bond donors (Lipinski definition) is 1. The Bertz CT molecular complexity index is 147. The van der Waals surface area contributed by atoms with E-state index >= 15 is 0 Å². The lowest BCUT2D eigenvalue weighted by Gasteiger charge is -2.13. The number of hydrogen-bond acceptors (Lipinski definition) is 1. The van der Waals surface area contributed by atoms with Gasteiger partial charge in [0.25, 0.3) is 0 Å². The first kappa shape index (κ1) is 8.54. The quantitative estimate of drug-likeness (QED) is 0.615. The lowest BCUT2D eigenvalue weighted by atomic mass is 9.93. The molecule has 1 aliphatic rings. The molecule has 62 valence electrons. The van der Waals surface area contributed by atoms with Crippen molar-refractivity contribution in [3.8, 4) is 0 Å². The van der Waals surface area contributed by atoms with Crippen molar-refractivity contribution < 1.29 is 5.11 Å². The smallest absolute Gasteiger partial charge is 0.0612 e. The highest BCUT2D eigenvalue weighted by Gasteiger charge is 2.04. The summed E-state index contributed by atoms with van der Waals surface area (Å²) >= 11 is 0. The van der Waals surface area contributed by atoms with Gasteiger partial charge in [0, 0.05) is 0 Å². The Balaban J connectivity index is 2.19. The average molecular weight is 152 g/mol. The second-order valence-electron chi connectivity index (χ2n) is 3.01. The lowest BCUT2D eigenvalue weighted by Crippen LogP contribution is -1.98. The lowest BCUT2D eigenvalue weighted by molar-refractivity contribution is 0.342. The molecule has 0 heterocycles. The fourth-order valence-corrected chi connectivity index (χ4v) is 1.42. The minimum absolute atomic E-state index is 0.177. The minimum atomic E-state index is 0.177. The molecule has 1 unspecified atom stereocenters. The van der Waals surface area contributed by atoms with Gasteiger partial charge in [-0.25, -0.2) is 0 Å². The summed E-state index contributed by atoms with van der Waals surface area (Å²) < 4.78 is 0. The van der Waals surface area contributed by atoms with Crippen LogP contribution in [0.1, 0.15) is 25.7 Å². The molecule has 0 saturated carbocycles. The van der Waals surface area contributed by atoms with E-state index in [2.05, 4.69) is 18.2 Å². The van der Waals surface area contributed by atoms with Gasteiger partial charge in [-0.1, -0.05) is 24.3 Å². The largest absolute Gasteiger partial charge is 0.392 e. The van der Waals surface area contributed by atoms with E-state index in [0.29, 0.717) is 0 Å². The number of aliphatic hydroxyl groups excluding tert-OH is 1. The standard InChI is InChI=1S/C10H16O/c11-9-5-4-8-10-6-2-1-3-7-10/h2,4-6,10-11H,1,3,7-9H2/b5-4+. The molecule has 0 aromatic carbocycles. The molecule has 1 atom stereocenters. The maximum atomic E-state index is 8.49. The molecule has 0 bridgehead atoms. The predicted molar refractivity (Wildman–Crippen MR) is 47.3 cm³/mol. The van der Waals surface area contributed by atoms with E-state index in [1.807, 2.05) is 6.08 Å². The van der Waals surface area contributed by atoms with E-state index < -0.39 is 0 Å². The first-order valence-corrected chi connectivity index (χ1v) is 4.36. The first-order chi connectivity index (χ1) is 5.43. The third-order valence-electron chi connectivity index (χ3n) is 2.06. The van der Waals surface area contributed by atoms with E-state index in [0.717, 1.165) is 12.3 Å². The van der Waals surface area contributed by atoms with Crippen molar-refractivity contribution in [2.24, 2.45) is 5.92 Å². The zero-order valence-electron chi connectivity index (χ0n) is 6.87. The molecular weight excluding hydrogens is 136 g/mol. The van der Waals surface area contributed by atoms with Crippen LogP contribution in [0.4, 0.5) is 0 Å². The van der Waals surface area contributed by atoms with Crippen molar-refractivity contribution in [3.63, 3.8) is 0 Å². The third kappa shape index (κ3) is 3.38. The Morgan fingerprint density at radius 1 is 1.45 bits per heavy atom. The first-order valence-electron chi connectivity index (χ1n) is 4.36. The topological polar surface area (TPSA) is 20.2 Å². The monoisotopic (exact) mass is 152 g/mol. The summed E-state index contributed by atoms with van der Waals surface area (Å²) in [5.41, 5.74) is 0. The van der Waals surface area contributed by atoms with Crippen molar-refractivity contribution in [1.82, 2.24) is 0 Å². The summed E-state index contributed by atoms with van der Waals surface area (Å²) in [6.07, 6.45) is 13.4. The molecular formula is C10H16O. The van der Waals surface area contributed by atoms with Crippen LogP contribution in [0.5, 0.6) is 0 Å². The van der Waals surface area contributed by atoms with Crippen LogP contribution in [0.25, 0.3) is 0 Å². The molecule has 0 aromatic heterocycles. The highest BCUT2D eigenvalue weighted by molar-refractivity contribution is 4.96. The van der Waals surface area contributed by atoms with Gasteiger partial charge in [0.2, 0.25) is 0 Å². The maximum absolute atomic E-state index is 8.49. The average Bonchev–Trinajstić information content (AvgIpc) is 2.07. The van der Waals surface area contributed by atoms with E-state index in [1.54, 1.807) is 0 Å². The van der Waals surface area contributed by atoms with Crippen molar-refractivity contribution in [3.05, 3.63) is 24.3 Å². The molecule has 0 amide bonds. The van der Waals surface area contributed by atoms with Crippen molar-refractivity contribution in [2.75, 3.05) is 6.61 Å². The third-order valence-corrected chi connectivity index (χ3v) is 2.06. The predicted octanol–water partition coefficient (Wildman–Crippen LogP) is 2.28. The van der Waals surface area contributed by atoms with Gasteiger partial charge >= 0.3 is 0 Å². The van der Waals surface area contributed by atoms with Crippen LogP contribution >= 0.6 is 0 Å². The SMILES string of the molecule is OC/C=C/CC1C=CCCC1. The van der Waals surface area contributed by atoms with Gasteiger partial charge in [0.05, 0.1) is 6.61 Å². The van der Waals surface area contributed by atoms with Crippen LogP contribution < -0.4 is 0 Å². The molecule has 0 spiro atoms.